The van der Waals surface area contributed by atoms with E-state index in [9.17, 15) is 0 Å². The van der Waals surface area contributed by atoms with Crippen molar-refractivity contribution in [3.63, 3.8) is 0 Å². The van der Waals surface area contributed by atoms with E-state index in [-0.39, 0.29) is 6.10 Å². The average Bonchev–Trinajstić information content (AvgIpc) is 2.89. The maximum atomic E-state index is 5.94. The van der Waals surface area contributed by atoms with Gasteiger partial charge in [0.1, 0.15) is 12.4 Å². The van der Waals surface area contributed by atoms with Crippen molar-refractivity contribution >= 4 is 0 Å². The second kappa shape index (κ2) is 7.09. The molecule has 1 fully saturated rings. The third kappa shape index (κ3) is 5.14. The Morgan fingerprint density at radius 3 is 2.80 bits per heavy atom. The van der Waals surface area contributed by atoms with Crippen LogP contribution >= 0.6 is 0 Å². The Morgan fingerprint density at radius 2 is 2.10 bits per heavy atom. The molecule has 1 aromatic rings. The fraction of sp³-hybridized carbons (Fsp3) is 0.647. The first kappa shape index (κ1) is 15.3. The summed E-state index contributed by atoms with van der Waals surface area (Å²) in [4.78, 5) is 0. The zero-order valence-corrected chi connectivity index (χ0v) is 12.9. The summed E-state index contributed by atoms with van der Waals surface area (Å²) in [6.45, 7) is 10.1. The molecule has 3 heteroatoms. The number of hydrogen-bond donors (Lipinski definition) is 1. The first-order chi connectivity index (χ1) is 9.54. The van der Waals surface area contributed by atoms with E-state index in [0.717, 1.165) is 38.3 Å². The van der Waals surface area contributed by atoms with Crippen LogP contribution in [0.2, 0.25) is 0 Å². The van der Waals surface area contributed by atoms with Gasteiger partial charge in [-0.3, -0.25) is 0 Å². The monoisotopic (exact) mass is 277 g/mol. The smallest absolute Gasteiger partial charge is 0.123 e. The minimum absolute atomic E-state index is 0.269. The van der Waals surface area contributed by atoms with Gasteiger partial charge in [0.05, 0.1) is 6.10 Å². The van der Waals surface area contributed by atoms with Crippen LogP contribution in [0, 0.1) is 5.41 Å². The normalized spacial score (nSPS) is 19.2. The molecule has 0 radical (unpaired) electrons. The van der Waals surface area contributed by atoms with Crippen molar-refractivity contribution in [1.82, 2.24) is 5.32 Å². The number of benzene rings is 1. The lowest BCUT2D eigenvalue weighted by Crippen LogP contribution is -2.26. The third-order valence-corrected chi connectivity index (χ3v) is 3.39. The molecule has 1 aliphatic rings. The molecule has 1 aromatic carbocycles. The predicted molar refractivity (Wildman–Crippen MR) is 82.1 cm³/mol. The van der Waals surface area contributed by atoms with E-state index in [1.807, 2.05) is 12.1 Å². The first-order valence-electron chi connectivity index (χ1n) is 7.58. The molecular formula is C17H27NO2. The van der Waals surface area contributed by atoms with E-state index in [4.69, 9.17) is 9.47 Å². The molecule has 20 heavy (non-hydrogen) atoms. The largest absolute Gasteiger partial charge is 0.491 e. The van der Waals surface area contributed by atoms with Gasteiger partial charge in [0.15, 0.2) is 0 Å². The Kier molecular flexibility index (Phi) is 5.44. The first-order valence-corrected chi connectivity index (χ1v) is 7.58. The molecular weight excluding hydrogens is 250 g/mol. The Bertz CT molecular complexity index is 406. The van der Waals surface area contributed by atoms with Crippen molar-refractivity contribution in [3.05, 3.63) is 29.8 Å². The highest BCUT2D eigenvalue weighted by molar-refractivity contribution is 5.33. The van der Waals surface area contributed by atoms with E-state index in [0.29, 0.717) is 12.0 Å². The summed E-state index contributed by atoms with van der Waals surface area (Å²) in [5.74, 6) is 0.976. The van der Waals surface area contributed by atoms with Gasteiger partial charge in [-0.2, -0.15) is 0 Å². The second-order valence-corrected chi connectivity index (χ2v) is 6.72. The van der Waals surface area contributed by atoms with Crippen molar-refractivity contribution in [3.8, 4) is 5.75 Å². The highest BCUT2D eigenvalue weighted by Gasteiger charge is 2.16. The summed E-state index contributed by atoms with van der Waals surface area (Å²) < 4.78 is 11.5. The summed E-state index contributed by atoms with van der Waals surface area (Å²) in [5.41, 5.74) is 1.52. The molecule has 1 saturated heterocycles. The number of nitrogens with one attached hydrogen (secondary N) is 1. The van der Waals surface area contributed by atoms with Crippen LogP contribution in [0.25, 0.3) is 0 Å². The maximum absolute atomic E-state index is 5.94. The average molecular weight is 277 g/mol. The lowest BCUT2D eigenvalue weighted by atomic mass is 9.97. The molecule has 1 unspecified atom stereocenters. The van der Waals surface area contributed by atoms with Crippen molar-refractivity contribution in [2.75, 3.05) is 19.8 Å². The third-order valence-electron chi connectivity index (χ3n) is 3.39. The highest BCUT2D eigenvalue weighted by atomic mass is 16.5. The van der Waals surface area contributed by atoms with Crippen molar-refractivity contribution in [1.29, 1.82) is 0 Å². The Labute approximate surface area is 122 Å². The van der Waals surface area contributed by atoms with E-state index >= 15 is 0 Å². The fourth-order valence-corrected chi connectivity index (χ4v) is 2.32. The second-order valence-electron chi connectivity index (χ2n) is 6.72. The van der Waals surface area contributed by atoms with E-state index in [1.165, 1.54) is 5.56 Å². The lowest BCUT2D eigenvalue weighted by molar-refractivity contribution is 0.0676. The van der Waals surface area contributed by atoms with Crippen molar-refractivity contribution in [2.45, 2.75) is 46.3 Å². The maximum Gasteiger partial charge on any atom is 0.123 e. The molecule has 1 N–H and O–H groups in total. The molecule has 0 spiro atoms. The molecule has 1 atom stereocenters. The molecule has 1 heterocycles. The van der Waals surface area contributed by atoms with Gasteiger partial charge in [0.2, 0.25) is 0 Å². The van der Waals surface area contributed by atoms with Crippen LogP contribution in [0.4, 0.5) is 0 Å². The zero-order chi connectivity index (χ0) is 14.4. The minimum Gasteiger partial charge on any atom is -0.491 e. The molecule has 2 rings (SSSR count). The van der Waals surface area contributed by atoms with Gasteiger partial charge in [0, 0.05) is 25.3 Å². The Morgan fingerprint density at radius 1 is 1.30 bits per heavy atom. The lowest BCUT2D eigenvalue weighted by Gasteiger charge is -2.20. The Hall–Kier alpha value is -1.06. The van der Waals surface area contributed by atoms with Crippen LogP contribution in [-0.2, 0) is 11.3 Å². The van der Waals surface area contributed by atoms with Crippen LogP contribution in [-0.4, -0.2) is 25.9 Å². The van der Waals surface area contributed by atoms with Crippen LogP contribution in [0.3, 0.4) is 0 Å². The van der Waals surface area contributed by atoms with Gasteiger partial charge in [0.25, 0.3) is 0 Å². The molecule has 112 valence electrons. The van der Waals surface area contributed by atoms with Crippen LogP contribution < -0.4 is 10.1 Å². The van der Waals surface area contributed by atoms with Crippen LogP contribution in [0.1, 0.15) is 39.2 Å². The Balaban J connectivity index is 1.85. The van der Waals surface area contributed by atoms with Gasteiger partial charge in [-0.25, -0.2) is 0 Å². The molecule has 1 aliphatic heterocycles. The minimum atomic E-state index is 0.269. The summed E-state index contributed by atoms with van der Waals surface area (Å²) in [6, 6.07) is 8.26. The number of hydrogen-bond acceptors (Lipinski definition) is 3. The van der Waals surface area contributed by atoms with Crippen molar-refractivity contribution in [2.24, 2.45) is 5.41 Å². The number of rotatable bonds is 6. The summed E-state index contributed by atoms with van der Waals surface area (Å²) >= 11 is 0. The van der Waals surface area contributed by atoms with Gasteiger partial charge in [-0.15, -0.1) is 0 Å². The number of ether oxygens (including phenoxy) is 2. The van der Waals surface area contributed by atoms with Crippen LogP contribution in [0.15, 0.2) is 24.3 Å². The summed E-state index contributed by atoms with van der Waals surface area (Å²) in [7, 11) is 0. The SMILES string of the molecule is CC(C)(C)CNCc1ccccc1OCC1CCCO1. The fourth-order valence-electron chi connectivity index (χ4n) is 2.32. The standard InChI is InChI=1S/C17H27NO2/c1-17(2,3)13-18-11-14-7-4-5-9-16(14)20-12-15-8-6-10-19-15/h4-5,7,9,15,18H,6,8,10-13H2,1-3H3. The summed E-state index contributed by atoms with van der Waals surface area (Å²) in [6.07, 6.45) is 2.54. The highest BCUT2D eigenvalue weighted by Crippen LogP contribution is 2.20. The molecule has 0 aromatic heterocycles. The predicted octanol–water partition coefficient (Wildman–Crippen LogP) is 3.38. The summed E-state index contributed by atoms with van der Waals surface area (Å²) in [5, 5.41) is 3.50. The van der Waals surface area contributed by atoms with Crippen LogP contribution in [0.5, 0.6) is 5.75 Å². The topological polar surface area (TPSA) is 30.5 Å². The molecule has 0 saturated carbocycles. The molecule has 0 aliphatic carbocycles. The van der Waals surface area contributed by atoms with Gasteiger partial charge >= 0.3 is 0 Å². The molecule has 3 nitrogen and oxygen atoms in total. The van der Waals surface area contributed by atoms with Gasteiger partial charge in [-0.1, -0.05) is 39.0 Å². The quantitative estimate of drug-likeness (QED) is 0.864. The molecule has 0 bridgehead atoms. The zero-order valence-electron chi connectivity index (χ0n) is 12.9. The van der Waals surface area contributed by atoms with Crippen molar-refractivity contribution < 1.29 is 9.47 Å². The van der Waals surface area contributed by atoms with Gasteiger partial charge in [-0.05, 0) is 24.3 Å². The molecule has 0 amide bonds. The van der Waals surface area contributed by atoms with E-state index < -0.39 is 0 Å². The number of para-hydroxylation sites is 1. The van der Waals surface area contributed by atoms with Gasteiger partial charge < -0.3 is 14.8 Å². The van der Waals surface area contributed by atoms with E-state index in [2.05, 4.69) is 38.2 Å². The van der Waals surface area contributed by atoms with E-state index in [1.54, 1.807) is 0 Å².